The lowest BCUT2D eigenvalue weighted by molar-refractivity contribution is 0.0708. The largest absolute Gasteiger partial charge is 0.507 e. The number of aromatic hydroxyl groups is 1. The zero-order valence-corrected chi connectivity index (χ0v) is 12.1. The van der Waals surface area contributed by atoms with Gasteiger partial charge in [0.2, 0.25) is 0 Å². The Labute approximate surface area is 119 Å². The fourth-order valence-electron chi connectivity index (χ4n) is 3.76. The Morgan fingerprint density at radius 3 is 2.95 bits per heavy atom. The van der Waals surface area contributed by atoms with Crippen molar-refractivity contribution in [3.63, 3.8) is 0 Å². The molecule has 3 atom stereocenters. The number of nitrogens with zero attached hydrogens (tertiary/aromatic N) is 1. The topological polar surface area (TPSA) is 52.6 Å². The standard InChI is InChI=1S/C16H22N2O2/c1-3-14-13-8-17-7-11(13)9-18(14)16(20)12-5-4-10(2)6-15(12)19/h4-6,11,13-14,17,19H,3,7-9H2,1-2H3. The summed E-state index contributed by atoms with van der Waals surface area (Å²) in [6.45, 7) is 6.87. The number of amides is 1. The van der Waals surface area contributed by atoms with Crippen molar-refractivity contribution in [2.45, 2.75) is 26.3 Å². The number of nitrogens with one attached hydrogen (secondary N) is 1. The lowest BCUT2D eigenvalue weighted by Crippen LogP contribution is -2.39. The van der Waals surface area contributed by atoms with Gasteiger partial charge in [-0.15, -0.1) is 0 Å². The van der Waals surface area contributed by atoms with E-state index in [0.29, 0.717) is 23.4 Å². The van der Waals surface area contributed by atoms with Gasteiger partial charge in [-0.1, -0.05) is 13.0 Å². The van der Waals surface area contributed by atoms with Gasteiger partial charge in [0, 0.05) is 25.7 Å². The van der Waals surface area contributed by atoms with Gasteiger partial charge >= 0.3 is 0 Å². The molecule has 0 radical (unpaired) electrons. The predicted octanol–water partition coefficient (Wildman–Crippen LogP) is 1.77. The first-order valence-electron chi connectivity index (χ1n) is 7.43. The third-order valence-electron chi connectivity index (χ3n) is 4.78. The molecule has 2 aliphatic rings. The van der Waals surface area contributed by atoms with E-state index in [1.54, 1.807) is 12.1 Å². The highest BCUT2D eigenvalue weighted by Crippen LogP contribution is 2.36. The number of carbonyl (C=O) groups is 1. The van der Waals surface area contributed by atoms with Crippen molar-refractivity contribution >= 4 is 5.91 Å². The molecule has 1 amide bonds. The first-order valence-corrected chi connectivity index (χ1v) is 7.43. The van der Waals surface area contributed by atoms with Crippen molar-refractivity contribution in [1.29, 1.82) is 0 Å². The molecule has 0 aromatic heterocycles. The summed E-state index contributed by atoms with van der Waals surface area (Å²) in [6, 6.07) is 5.58. The molecule has 3 unspecified atom stereocenters. The molecule has 2 fully saturated rings. The van der Waals surface area contributed by atoms with Crippen LogP contribution < -0.4 is 5.32 Å². The Hall–Kier alpha value is -1.55. The monoisotopic (exact) mass is 274 g/mol. The Morgan fingerprint density at radius 2 is 2.25 bits per heavy atom. The number of benzene rings is 1. The normalized spacial score (nSPS) is 28.7. The number of hydrogen-bond acceptors (Lipinski definition) is 3. The number of phenolic OH excluding ortho intramolecular Hbond substituents is 1. The smallest absolute Gasteiger partial charge is 0.257 e. The summed E-state index contributed by atoms with van der Waals surface area (Å²) < 4.78 is 0. The van der Waals surface area contributed by atoms with Gasteiger partial charge in [-0.3, -0.25) is 4.79 Å². The molecule has 4 nitrogen and oxygen atoms in total. The Morgan fingerprint density at radius 1 is 1.45 bits per heavy atom. The van der Waals surface area contributed by atoms with Gasteiger partial charge in [0.15, 0.2) is 0 Å². The molecule has 1 aromatic rings. The van der Waals surface area contributed by atoms with E-state index in [1.165, 1.54) is 0 Å². The molecule has 1 aromatic carbocycles. The van der Waals surface area contributed by atoms with Crippen molar-refractivity contribution in [2.24, 2.45) is 11.8 Å². The molecular weight excluding hydrogens is 252 g/mol. The fraction of sp³-hybridized carbons (Fsp3) is 0.562. The Kier molecular flexibility index (Phi) is 3.42. The SMILES string of the molecule is CCC1C2CNCC2CN1C(=O)c1ccc(C)cc1O. The second kappa shape index (κ2) is 5.09. The van der Waals surface area contributed by atoms with Crippen LogP contribution in [-0.4, -0.2) is 41.6 Å². The van der Waals surface area contributed by atoms with Crippen molar-refractivity contribution in [3.8, 4) is 5.75 Å². The summed E-state index contributed by atoms with van der Waals surface area (Å²) in [5.41, 5.74) is 1.40. The first kappa shape index (κ1) is 13.4. The zero-order chi connectivity index (χ0) is 14.3. The maximum atomic E-state index is 12.7. The van der Waals surface area contributed by atoms with Crippen molar-refractivity contribution in [3.05, 3.63) is 29.3 Å². The number of carbonyl (C=O) groups excluding carboxylic acids is 1. The molecule has 108 valence electrons. The van der Waals surface area contributed by atoms with E-state index in [-0.39, 0.29) is 11.7 Å². The third kappa shape index (κ3) is 2.08. The summed E-state index contributed by atoms with van der Waals surface area (Å²) in [7, 11) is 0. The number of aryl methyl sites for hydroxylation is 1. The van der Waals surface area contributed by atoms with Crippen LogP contribution in [0.25, 0.3) is 0 Å². The molecule has 0 bridgehead atoms. The highest BCUT2D eigenvalue weighted by molar-refractivity contribution is 5.97. The molecule has 0 spiro atoms. The van der Waals surface area contributed by atoms with E-state index < -0.39 is 0 Å². The van der Waals surface area contributed by atoms with Crippen LogP contribution in [0.3, 0.4) is 0 Å². The quantitative estimate of drug-likeness (QED) is 0.864. The third-order valence-corrected chi connectivity index (χ3v) is 4.78. The summed E-state index contributed by atoms with van der Waals surface area (Å²) in [5.74, 6) is 1.21. The molecule has 4 heteroatoms. The number of fused-ring (bicyclic) bond motifs is 1. The van der Waals surface area contributed by atoms with Crippen molar-refractivity contribution < 1.29 is 9.90 Å². The second-order valence-electron chi connectivity index (χ2n) is 6.04. The van der Waals surface area contributed by atoms with E-state index in [1.807, 2.05) is 17.9 Å². The Bertz CT molecular complexity index is 529. The van der Waals surface area contributed by atoms with Crippen LogP contribution in [-0.2, 0) is 0 Å². The highest BCUT2D eigenvalue weighted by atomic mass is 16.3. The first-order chi connectivity index (χ1) is 9.61. The molecule has 2 aliphatic heterocycles. The van der Waals surface area contributed by atoms with Crippen LogP contribution >= 0.6 is 0 Å². The maximum Gasteiger partial charge on any atom is 0.257 e. The Balaban J connectivity index is 1.86. The molecule has 3 rings (SSSR count). The average molecular weight is 274 g/mol. The van der Waals surface area contributed by atoms with Crippen molar-refractivity contribution in [1.82, 2.24) is 10.2 Å². The van der Waals surface area contributed by atoms with Crippen LogP contribution in [0, 0.1) is 18.8 Å². The van der Waals surface area contributed by atoms with Crippen molar-refractivity contribution in [2.75, 3.05) is 19.6 Å². The summed E-state index contributed by atoms with van der Waals surface area (Å²) in [5, 5.41) is 13.4. The number of rotatable bonds is 2. The van der Waals surface area contributed by atoms with Gasteiger partial charge in [0.05, 0.1) is 5.56 Å². The second-order valence-corrected chi connectivity index (χ2v) is 6.04. The zero-order valence-electron chi connectivity index (χ0n) is 12.1. The molecular formula is C16H22N2O2. The van der Waals surface area contributed by atoms with E-state index in [2.05, 4.69) is 12.2 Å². The average Bonchev–Trinajstić information content (AvgIpc) is 2.97. The van der Waals surface area contributed by atoms with Gasteiger partial charge in [0.25, 0.3) is 5.91 Å². The van der Waals surface area contributed by atoms with Gasteiger partial charge in [0.1, 0.15) is 5.75 Å². The van der Waals surface area contributed by atoms with Gasteiger partial charge in [-0.05, 0) is 42.9 Å². The lowest BCUT2D eigenvalue weighted by Gasteiger charge is -2.27. The minimum absolute atomic E-state index is 0.0243. The van der Waals surface area contributed by atoms with E-state index >= 15 is 0 Å². The molecule has 20 heavy (non-hydrogen) atoms. The van der Waals surface area contributed by atoms with Crippen LogP contribution in [0.2, 0.25) is 0 Å². The van der Waals surface area contributed by atoms with Crippen LogP contribution in [0.4, 0.5) is 0 Å². The maximum absolute atomic E-state index is 12.7. The predicted molar refractivity (Wildman–Crippen MR) is 77.8 cm³/mol. The number of likely N-dealkylation sites (tertiary alicyclic amines) is 1. The molecule has 0 aliphatic carbocycles. The minimum Gasteiger partial charge on any atom is -0.507 e. The molecule has 2 heterocycles. The fourth-order valence-corrected chi connectivity index (χ4v) is 3.76. The van der Waals surface area contributed by atoms with Crippen LogP contribution in [0.15, 0.2) is 18.2 Å². The van der Waals surface area contributed by atoms with E-state index in [9.17, 15) is 9.90 Å². The van der Waals surface area contributed by atoms with Gasteiger partial charge in [-0.2, -0.15) is 0 Å². The summed E-state index contributed by atoms with van der Waals surface area (Å²) >= 11 is 0. The molecule has 0 saturated carbocycles. The van der Waals surface area contributed by atoms with Gasteiger partial charge < -0.3 is 15.3 Å². The number of phenols is 1. The summed E-state index contributed by atoms with van der Waals surface area (Å²) in [6.07, 6.45) is 0.973. The van der Waals surface area contributed by atoms with Crippen LogP contribution in [0.5, 0.6) is 5.75 Å². The van der Waals surface area contributed by atoms with Crippen LogP contribution in [0.1, 0.15) is 29.3 Å². The van der Waals surface area contributed by atoms with E-state index in [0.717, 1.165) is 31.6 Å². The minimum atomic E-state index is -0.0243. The summed E-state index contributed by atoms with van der Waals surface area (Å²) in [4.78, 5) is 14.7. The molecule has 2 saturated heterocycles. The highest BCUT2D eigenvalue weighted by Gasteiger charge is 2.45. The number of hydrogen-bond donors (Lipinski definition) is 2. The van der Waals surface area contributed by atoms with E-state index in [4.69, 9.17) is 0 Å². The molecule has 2 N–H and O–H groups in total. The van der Waals surface area contributed by atoms with Gasteiger partial charge in [-0.25, -0.2) is 0 Å². The lowest BCUT2D eigenvalue weighted by atomic mass is 9.93.